The van der Waals surface area contributed by atoms with Crippen LogP contribution in [0.25, 0.3) is 11.1 Å². The van der Waals surface area contributed by atoms with Crippen molar-refractivity contribution in [1.82, 2.24) is 5.32 Å². The van der Waals surface area contributed by atoms with Crippen LogP contribution in [0.5, 0.6) is 0 Å². The van der Waals surface area contributed by atoms with Crippen molar-refractivity contribution in [1.29, 1.82) is 0 Å². The van der Waals surface area contributed by atoms with Crippen LogP contribution >= 0.6 is 11.6 Å². The average Bonchev–Trinajstić information content (AvgIpc) is 2.53. The van der Waals surface area contributed by atoms with Gasteiger partial charge in [0, 0.05) is 16.1 Å². The summed E-state index contributed by atoms with van der Waals surface area (Å²) in [7, 11) is -4.58. The van der Waals surface area contributed by atoms with Crippen molar-refractivity contribution in [2.75, 3.05) is 5.75 Å². The number of halogens is 1. The van der Waals surface area contributed by atoms with Crippen molar-refractivity contribution >= 4 is 33.6 Å². The third-order valence-electron chi connectivity index (χ3n) is 3.32. The van der Waals surface area contributed by atoms with E-state index in [-0.39, 0.29) is 5.56 Å². The Morgan fingerprint density at radius 2 is 1.60 bits per heavy atom. The van der Waals surface area contributed by atoms with Gasteiger partial charge in [0.1, 0.15) is 11.8 Å². The van der Waals surface area contributed by atoms with Crippen molar-refractivity contribution in [3.05, 3.63) is 59.1 Å². The molecule has 0 fully saturated rings. The van der Waals surface area contributed by atoms with E-state index in [1.54, 1.807) is 42.5 Å². The van der Waals surface area contributed by atoms with Crippen LogP contribution < -0.4 is 5.32 Å². The van der Waals surface area contributed by atoms with E-state index in [1.807, 2.05) is 0 Å². The van der Waals surface area contributed by atoms with Crippen LogP contribution in [0.1, 0.15) is 10.4 Å². The van der Waals surface area contributed by atoms with Gasteiger partial charge in [0.2, 0.25) is 0 Å². The molecular formula is C16H14ClNO6S. The zero-order chi connectivity index (χ0) is 18.6. The van der Waals surface area contributed by atoms with Gasteiger partial charge < -0.3 is 10.4 Å². The number of amides is 1. The summed E-state index contributed by atoms with van der Waals surface area (Å²) in [6.45, 7) is 0. The lowest BCUT2D eigenvalue weighted by Gasteiger charge is -2.15. The highest BCUT2D eigenvalue weighted by Crippen LogP contribution is 2.30. The van der Waals surface area contributed by atoms with Crippen molar-refractivity contribution in [2.45, 2.75) is 6.04 Å². The van der Waals surface area contributed by atoms with E-state index < -0.39 is 33.8 Å². The predicted molar refractivity (Wildman–Crippen MR) is 92.2 cm³/mol. The number of carbonyl (C=O) groups is 2. The lowest BCUT2D eigenvalue weighted by Crippen LogP contribution is -2.45. The molecule has 0 aliphatic carbocycles. The second-order valence-corrected chi connectivity index (χ2v) is 7.04. The maximum absolute atomic E-state index is 12.5. The first kappa shape index (κ1) is 18.9. The largest absolute Gasteiger partial charge is 0.480 e. The maximum Gasteiger partial charge on any atom is 0.327 e. The van der Waals surface area contributed by atoms with Gasteiger partial charge in [0.15, 0.2) is 0 Å². The molecule has 2 aromatic carbocycles. The van der Waals surface area contributed by atoms with Crippen molar-refractivity contribution < 1.29 is 27.7 Å². The number of carboxylic acid groups (broad SMARTS) is 1. The molecule has 25 heavy (non-hydrogen) atoms. The van der Waals surface area contributed by atoms with Gasteiger partial charge in [-0.05, 0) is 17.7 Å². The van der Waals surface area contributed by atoms with Gasteiger partial charge in [-0.1, -0.05) is 48.0 Å². The molecule has 0 aliphatic heterocycles. The molecule has 2 rings (SSSR count). The minimum atomic E-state index is -4.58. The van der Waals surface area contributed by atoms with E-state index in [4.69, 9.17) is 21.3 Å². The highest BCUT2D eigenvalue weighted by atomic mass is 35.5. The van der Waals surface area contributed by atoms with Crippen LogP contribution in [0.3, 0.4) is 0 Å². The molecule has 132 valence electrons. The minimum absolute atomic E-state index is 0.122. The van der Waals surface area contributed by atoms with Crippen molar-refractivity contribution in [3.8, 4) is 11.1 Å². The SMILES string of the molecule is O=C(N[C@@H](CS(=O)(=O)O)C(=O)O)c1ccccc1-c1ccccc1Cl. The van der Waals surface area contributed by atoms with Gasteiger partial charge in [-0.2, -0.15) is 8.42 Å². The van der Waals surface area contributed by atoms with Gasteiger partial charge >= 0.3 is 5.97 Å². The number of rotatable bonds is 6. The summed E-state index contributed by atoms with van der Waals surface area (Å²) in [5.74, 6) is -3.52. The Morgan fingerprint density at radius 1 is 1.04 bits per heavy atom. The topological polar surface area (TPSA) is 121 Å². The molecule has 0 heterocycles. The molecule has 3 N–H and O–H groups in total. The molecule has 1 atom stereocenters. The van der Waals surface area contributed by atoms with Crippen LogP contribution in [-0.2, 0) is 14.9 Å². The number of hydrogen-bond donors (Lipinski definition) is 3. The Kier molecular flexibility index (Phi) is 5.78. The number of carbonyl (C=O) groups excluding carboxylic acids is 1. The fourth-order valence-electron chi connectivity index (χ4n) is 2.22. The normalized spacial score (nSPS) is 12.4. The Balaban J connectivity index is 2.37. The summed E-state index contributed by atoms with van der Waals surface area (Å²) in [4.78, 5) is 23.6. The van der Waals surface area contributed by atoms with Crippen molar-refractivity contribution in [2.24, 2.45) is 0 Å². The Morgan fingerprint density at radius 3 is 2.16 bits per heavy atom. The van der Waals surface area contributed by atoms with Gasteiger partial charge in [0.25, 0.3) is 16.0 Å². The van der Waals surface area contributed by atoms with E-state index in [9.17, 15) is 18.0 Å². The molecule has 2 aromatic rings. The molecule has 0 spiro atoms. The lowest BCUT2D eigenvalue weighted by atomic mass is 9.99. The first-order chi connectivity index (χ1) is 11.7. The molecule has 0 bridgehead atoms. The molecule has 7 nitrogen and oxygen atoms in total. The Hall–Kier alpha value is -2.42. The second kappa shape index (κ2) is 7.64. The first-order valence-electron chi connectivity index (χ1n) is 7.02. The standard InChI is InChI=1S/C16H14ClNO6S/c17-13-8-4-3-6-11(13)10-5-1-2-7-12(10)15(19)18-14(16(20)21)9-25(22,23)24/h1-8,14H,9H2,(H,18,19)(H,20,21)(H,22,23,24)/t14-/m0/s1. The maximum atomic E-state index is 12.5. The minimum Gasteiger partial charge on any atom is -0.480 e. The van der Waals surface area contributed by atoms with Crippen LogP contribution in [-0.4, -0.2) is 41.7 Å². The fourth-order valence-corrected chi connectivity index (χ4v) is 3.10. The van der Waals surface area contributed by atoms with E-state index in [0.717, 1.165) is 0 Å². The zero-order valence-corrected chi connectivity index (χ0v) is 14.3. The summed E-state index contributed by atoms with van der Waals surface area (Å²) >= 11 is 6.14. The molecule has 0 saturated carbocycles. The highest BCUT2D eigenvalue weighted by molar-refractivity contribution is 7.85. The summed E-state index contributed by atoms with van der Waals surface area (Å²) < 4.78 is 30.7. The first-order valence-corrected chi connectivity index (χ1v) is 9.00. The van der Waals surface area contributed by atoms with Crippen molar-refractivity contribution in [3.63, 3.8) is 0 Å². The van der Waals surface area contributed by atoms with E-state index in [0.29, 0.717) is 16.1 Å². The van der Waals surface area contributed by atoms with Crippen LogP contribution in [0.2, 0.25) is 5.02 Å². The van der Waals surface area contributed by atoms with E-state index in [1.165, 1.54) is 6.07 Å². The molecule has 9 heteroatoms. The average molecular weight is 384 g/mol. The molecule has 0 aliphatic rings. The predicted octanol–water partition coefficient (Wildman–Crippen LogP) is 2.08. The molecule has 0 radical (unpaired) electrons. The smallest absolute Gasteiger partial charge is 0.327 e. The van der Waals surface area contributed by atoms with Crippen LogP contribution in [0.4, 0.5) is 0 Å². The Bertz CT molecular complexity index is 912. The third kappa shape index (κ3) is 5.02. The fraction of sp³-hybridized carbons (Fsp3) is 0.125. The summed E-state index contributed by atoms with van der Waals surface area (Å²) in [5.41, 5.74) is 1.15. The van der Waals surface area contributed by atoms with Gasteiger partial charge in [-0.15, -0.1) is 0 Å². The molecule has 0 aromatic heterocycles. The molecule has 0 unspecified atom stereocenters. The van der Waals surface area contributed by atoms with Gasteiger partial charge in [-0.25, -0.2) is 4.79 Å². The summed E-state index contributed by atoms with van der Waals surface area (Å²) in [6.07, 6.45) is 0. The number of hydrogen-bond acceptors (Lipinski definition) is 4. The number of carboxylic acids is 1. The zero-order valence-electron chi connectivity index (χ0n) is 12.7. The van der Waals surface area contributed by atoms with E-state index in [2.05, 4.69) is 5.32 Å². The number of benzene rings is 2. The molecule has 1 amide bonds. The van der Waals surface area contributed by atoms with Gasteiger partial charge in [0.05, 0.1) is 0 Å². The summed E-state index contributed by atoms with van der Waals surface area (Å²) in [5, 5.41) is 11.5. The monoisotopic (exact) mass is 383 g/mol. The van der Waals surface area contributed by atoms with Gasteiger partial charge in [-0.3, -0.25) is 9.35 Å². The molecule has 0 saturated heterocycles. The number of nitrogens with one attached hydrogen (secondary N) is 1. The summed E-state index contributed by atoms with van der Waals surface area (Å²) in [6, 6.07) is 11.4. The second-order valence-electron chi connectivity index (χ2n) is 5.14. The highest BCUT2D eigenvalue weighted by Gasteiger charge is 2.27. The quantitative estimate of drug-likeness (QED) is 0.657. The number of aliphatic carboxylic acids is 1. The third-order valence-corrected chi connectivity index (χ3v) is 4.40. The molecular weight excluding hydrogens is 370 g/mol. The van der Waals surface area contributed by atoms with Crippen LogP contribution in [0, 0.1) is 0 Å². The van der Waals surface area contributed by atoms with Crippen LogP contribution in [0.15, 0.2) is 48.5 Å². The Labute approximate surface area is 149 Å². The lowest BCUT2D eigenvalue weighted by molar-refractivity contribution is -0.138. The van der Waals surface area contributed by atoms with E-state index >= 15 is 0 Å².